The van der Waals surface area contributed by atoms with Crippen molar-refractivity contribution in [1.29, 1.82) is 0 Å². The van der Waals surface area contributed by atoms with Crippen LogP contribution in [-0.2, 0) is 4.79 Å². The molecule has 1 aromatic carbocycles. The fourth-order valence-electron chi connectivity index (χ4n) is 2.06. The molecule has 2 N–H and O–H groups in total. The van der Waals surface area contributed by atoms with E-state index in [0.29, 0.717) is 6.42 Å². The maximum Gasteiger partial charge on any atom is 0.320 e. The minimum Gasteiger partial charge on any atom is -0.497 e. The Morgan fingerprint density at radius 3 is 2.70 bits per heavy atom. The van der Waals surface area contributed by atoms with Gasteiger partial charge < -0.3 is 9.84 Å². The number of halogens is 1. The van der Waals surface area contributed by atoms with Gasteiger partial charge in [-0.2, -0.15) is 0 Å². The Morgan fingerprint density at radius 1 is 1.50 bits per heavy atom. The smallest absolute Gasteiger partial charge is 0.320 e. The van der Waals surface area contributed by atoms with Gasteiger partial charge in [-0.3, -0.25) is 10.1 Å². The van der Waals surface area contributed by atoms with E-state index in [2.05, 4.69) is 28.2 Å². The van der Waals surface area contributed by atoms with Crippen LogP contribution in [0.5, 0.6) is 5.75 Å². The SMILES string of the molecule is CCCC[C@H](NC(C)c1ccc(OC)cc1Br)C(=O)O. The van der Waals surface area contributed by atoms with E-state index in [1.165, 1.54) is 0 Å². The van der Waals surface area contributed by atoms with E-state index in [-0.39, 0.29) is 6.04 Å². The van der Waals surface area contributed by atoms with Crippen molar-refractivity contribution in [3.8, 4) is 5.75 Å². The van der Waals surface area contributed by atoms with Crippen molar-refractivity contribution in [3.63, 3.8) is 0 Å². The van der Waals surface area contributed by atoms with E-state index in [4.69, 9.17) is 4.74 Å². The number of carboxylic acids is 1. The molecule has 4 nitrogen and oxygen atoms in total. The Balaban J connectivity index is 2.77. The van der Waals surface area contributed by atoms with Crippen molar-refractivity contribution >= 4 is 21.9 Å². The molecule has 2 atom stereocenters. The molecule has 1 aromatic rings. The molecule has 0 amide bonds. The van der Waals surface area contributed by atoms with Gasteiger partial charge in [-0.05, 0) is 31.0 Å². The first kappa shape index (κ1) is 17.0. The number of rotatable bonds is 8. The van der Waals surface area contributed by atoms with Gasteiger partial charge in [0.05, 0.1) is 7.11 Å². The molecule has 0 fully saturated rings. The molecular weight excluding hydrogens is 322 g/mol. The molecule has 112 valence electrons. The molecule has 0 saturated carbocycles. The normalized spacial score (nSPS) is 13.8. The average Bonchev–Trinajstić information content (AvgIpc) is 2.42. The van der Waals surface area contributed by atoms with E-state index in [1.54, 1.807) is 7.11 Å². The summed E-state index contributed by atoms with van der Waals surface area (Å²) in [5, 5.41) is 12.4. The maximum absolute atomic E-state index is 11.3. The van der Waals surface area contributed by atoms with Gasteiger partial charge >= 0.3 is 5.97 Å². The average molecular weight is 344 g/mol. The van der Waals surface area contributed by atoms with Crippen LogP contribution in [0.1, 0.15) is 44.7 Å². The number of ether oxygens (including phenoxy) is 1. The molecule has 0 aromatic heterocycles. The molecule has 0 radical (unpaired) electrons. The molecular formula is C15H22BrNO3. The van der Waals surface area contributed by atoms with Crippen molar-refractivity contribution in [2.24, 2.45) is 0 Å². The second kappa shape index (κ2) is 8.27. The molecule has 0 spiro atoms. The molecule has 0 bridgehead atoms. The molecule has 20 heavy (non-hydrogen) atoms. The lowest BCUT2D eigenvalue weighted by Gasteiger charge is -2.21. The van der Waals surface area contributed by atoms with E-state index < -0.39 is 12.0 Å². The lowest BCUT2D eigenvalue weighted by molar-refractivity contribution is -0.139. The lowest BCUT2D eigenvalue weighted by atomic mass is 10.0. The predicted molar refractivity (Wildman–Crippen MR) is 83.2 cm³/mol. The van der Waals surface area contributed by atoms with E-state index >= 15 is 0 Å². The minimum absolute atomic E-state index is 0.0479. The van der Waals surface area contributed by atoms with Crippen LogP contribution in [0.25, 0.3) is 0 Å². The standard InChI is InChI=1S/C15H22BrNO3/c1-4-5-6-14(15(18)19)17-10(2)12-8-7-11(20-3)9-13(12)16/h7-10,14,17H,4-6H2,1-3H3,(H,18,19)/t10?,14-/m0/s1. The zero-order chi connectivity index (χ0) is 15.1. The van der Waals surface area contributed by atoms with Crippen LogP contribution in [0.3, 0.4) is 0 Å². The fourth-order valence-corrected chi connectivity index (χ4v) is 2.77. The topological polar surface area (TPSA) is 58.6 Å². The molecule has 0 aliphatic heterocycles. The second-order valence-corrected chi connectivity index (χ2v) is 5.66. The summed E-state index contributed by atoms with van der Waals surface area (Å²) in [5.41, 5.74) is 1.02. The van der Waals surface area contributed by atoms with Crippen LogP contribution in [0.15, 0.2) is 22.7 Å². The maximum atomic E-state index is 11.3. The third-order valence-corrected chi connectivity index (χ3v) is 3.96. The number of nitrogens with one attached hydrogen (secondary N) is 1. The van der Waals surface area contributed by atoms with Crippen LogP contribution in [0, 0.1) is 0 Å². The van der Waals surface area contributed by atoms with Gasteiger partial charge in [0.2, 0.25) is 0 Å². The first-order chi connectivity index (χ1) is 9.49. The monoisotopic (exact) mass is 343 g/mol. The highest BCUT2D eigenvalue weighted by molar-refractivity contribution is 9.10. The lowest BCUT2D eigenvalue weighted by Crippen LogP contribution is -2.38. The van der Waals surface area contributed by atoms with Crippen LogP contribution in [-0.4, -0.2) is 24.2 Å². The fraction of sp³-hybridized carbons (Fsp3) is 0.533. The predicted octanol–water partition coefficient (Wildman–Crippen LogP) is 3.75. The number of unbranched alkanes of at least 4 members (excludes halogenated alkanes) is 1. The number of benzene rings is 1. The Bertz CT molecular complexity index is 451. The summed E-state index contributed by atoms with van der Waals surface area (Å²) in [6, 6.07) is 5.14. The Kier molecular flexibility index (Phi) is 7.02. The first-order valence-corrected chi connectivity index (χ1v) is 7.61. The molecule has 0 aliphatic rings. The molecule has 1 unspecified atom stereocenters. The number of methoxy groups -OCH3 is 1. The number of hydrogen-bond donors (Lipinski definition) is 2. The van der Waals surface area contributed by atoms with Crippen molar-refractivity contribution in [2.75, 3.05) is 7.11 Å². The molecule has 1 rings (SSSR count). The van der Waals surface area contributed by atoms with E-state index in [1.807, 2.05) is 25.1 Å². The Morgan fingerprint density at radius 2 is 2.20 bits per heavy atom. The Hall–Kier alpha value is -1.07. The van der Waals surface area contributed by atoms with Crippen molar-refractivity contribution in [2.45, 2.75) is 45.2 Å². The largest absolute Gasteiger partial charge is 0.497 e. The van der Waals surface area contributed by atoms with Gasteiger partial charge in [-0.25, -0.2) is 0 Å². The number of hydrogen-bond acceptors (Lipinski definition) is 3. The van der Waals surface area contributed by atoms with Gasteiger partial charge in [0.15, 0.2) is 0 Å². The quantitative estimate of drug-likeness (QED) is 0.754. The first-order valence-electron chi connectivity index (χ1n) is 6.81. The van der Waals surface area contributed by atoms with Crippen LogP contribution >= 0.6 is 15.9 Å². The Labute approximate surface area is 128 Å². The van der Waals surface area contributed by atoms with Gasteiger partial charge in [0, 0.05) is 10.5 Å². The van der Waals surface area contributed by atoms with Crippen molar-refractivity contribution in [3.05, 3.63) is 28.2 Å². The summed E-state index contributed by atoms with van der Waals surface area (Å²) in [5.74, 6) is -0.0245. The summed E-state index contributed by atoms with van der Waals surface area (Å²) < 4.78 is 6.07. The molecule has 0 heterocycles. The second-order valence-electron chi connectivity index (χ2n) is 4.81. The van der Waals surface area contributed by atoms with E-state index in [9.17, 15) is 9.90 Å². The molecule has 5 heteroatoms. The van der Waals surface area contributed by atoms with Gasteiger partial charge in [-0.15, -0.1) is 0 Å². The highest BCUT2D eigenvalue weighted by atomic mass is 79.9. The summed E-state index contributed by atoms with van der Waals surface area (Å²) in [4.78, 5) is 11.3. The zero-order valence-electron chi connectivity index (χ0n) is 12.1. The summed E-state index contributed by atoms with van der Waals surface area (Å²) in [7, 11) is 1.62. The minimum atomic E-state index is -0.796. The van der Waals surface area contributed by atoms with Crippen molar-refractivity contribution < 1.29 is 14.6 Å². The zero-order valence-corrected chi connectivity index (χ0v) is 13.7. The third-order valence-electron chi connectivity index (χ3n) is 3.27. The number of carbonyl (C=O) groups is 1. The summed E-state index contributed by atoms with van der Waals surface area (Å²) >= 11 is 3.50. The van der Waals surface area contributed by atoms with Gasteiger partial charge in [0.25, 0.3) is 0 Å². The van der Waals surface area contributed by atoms with Gasteiger partial charge in [-0.1, -0.05) is 41.8 Å². The highest BCUT2D eigenvalue weighted by Crippen LogP contribution is 2.28. The molecule has 0 aliphatic carbocycles. The van der Waals surface area contributed by atoms with Crippen LogP contribution in [0.2, 0.25) is 0 Å². The van der Waals surface area contributed by atoms with Gasteiger partial charge in [0.1, 0.15) is 11.8 Å². The summed E-state index contributed by atoms with van der Waals surface area (Å²) in [6.45, 7) is 4.02. The number of aliphatic carboxylic acids is 1. The highest BCUT2D eigenvalue weighted by Gasteiger charge is 2.20. The van der Waals surface area contributed by atoms with Crippen LogP contribution < -0.4 is 10.1 Å². The molecule has 0 saturated heterocycles. The summed E-state index contributed by atoms with van der Waals surface area (Å²) in [6.07, 6.45) is 2.54. The van der Waals surface area contributed by atoms with E-state index in [0.717, 1.165) is 28.6 Å². The van der Waals surface area contributed by atoms with Crippen LogP contribution in [0.4, 0.5) is 0 Å². The number of carboxylic acid groups (broad SMARTS) is 1. The third kappa shape index (κ3) is 4.80. The van der Waals surface area contributed by atoms with Crippen molar-refractivity contribution in [1.82, 2.24) is 5.32 Å².